The molecular weight excluding hydrogens is 340 g/mol. The summed E-state index contributed by atoms with van der Waals surface area (Å²) in [4.78, 5) is 14.0. The van der Waals surface area contributed by atoms with Crippen LogP contribution in [0.5, 0.6) is 5.75 Å². The molecule has 1 heterocycles. The molecule has 0 atom stereocenters. The molecule has 1 N–H and O–H groups in total. The molecule has 1 amide bonds. The van der Waals surface area contributed by atoms with Crippen LogP contribution in [0.4, 0.5) is 5.69 Å². The Bertz CT molecular complexity index is 989. The molecule has 0 saturated carbocycles. The van der Waals surface area contributed by atoms with Gasteiger partial charge in [-0.05, 0) is 25.1 Å². The van der Waals surface area contributed by atoms with Gasteiger partial charge in [0, 0.05) is 55.1 Å². The number of benzene rings is 2. The number of anilines is 1. The predicted octanol–water partition coefficient (Wildman–Crippen LogP) is 3.08. The Morgan fingerprint density at radius 1 is 1.22 bits per heavy atom. The van der Waals surface area contributed by atoms with E-state index in [1.807, 2.05) is 75.4 Å². The van der Waals surface area contributed by atoms with Crippen molar-refractivity contribution in [2.75, 3.05) is 25.6 Å². The molecule has 140 valence electrons. The van der Waals surface area contributed by atoms with Gasteiger partial charge in [-0.15, -0.1) is 0 Å². The summed E-state index contributed by atoms with van der Waals surface area (Å²) in [7, 11) is 5.93. The van der Waals surface area contributed by atoms with Crippen LogP contribution in [-0.2, 0) is 11.8 Å². The molecule has 0 radical (unpaired) electrons. The first-order valence-electron chi connectivity index (χ1n) is 8.73. The lowest BCUT2D eigenvalue weighted by molar-refractivity contribution is -0.123. The zero-order valence-corrected chi connectivity index (χ0v) is 16.1. The van der Waals surface area contributed by atoms with Crippen molar-refractivity contribution in [3.8, 4) is 5.75 Å². The van der Waals surface area contributed by atoms with E-state index >= 15 is 0 Å². The van der Waals surface area contributed by atoms with Crippen molar-refractivity contribution in [2.24, 2.45) is 12.1 Å². The van der Waals surface area contributed by atoms with Crippen molar-refractivity contribution < 1.29 is 9.53 Å². The summed E-state index contributed by atoms with van der Waals surface area (Å²) in [5.41, 5.74) is 6.75. The Morgan fingerprint density at radius 2 is 2.00 bits per heavy atom. The predicted molar refractivity (Wildman–Crippen MR) is 110 cm³/mol. The van der Waals surface area contributed by atoms with Crippen molar-refractivity contribution in [1.82, 2.24) is 9.99 Å². The summed E-state index contributed by atoms with van der Waals surface area (Å²) >= 11 is 0. The zero-order valence-electron chi connectivity index (χ0n) is 16.1. The standard InChI is InChI=1S/C21H24N4O2/c1-15-19(18-10-5-6-11-20(18)25(15)4)13-22-23-21(26)14-27-17-9-7-8-16(12-17)24(2)3/h5-13H,14H2,1-4H3,(H,23,26)/b22-13-. The number of aromatic nitrogens is 1. The van der Waals surface area contributed by atoms with Crippen LogP contribution in [-0.4, -0.2) is 37.4 Å². The van der Waals surface area contributed by atoms with Crippen LogP contribution in [0.1, 0.15) is 11.3 Å². The molecule has 3 aromatic rings. The van der Waals surface area contributed by atoms with Crippen LogP contribution in [0.2, 0.25) is 0 Å². The van der Waals surface area contributed by atoms with Gasteiger partial charge in [0.25, 0.3) is 5.91 Å². The fourth-order valence-corrected chi connectivity index (χ4v) is 2.91. The molecule has 0 aliphatic rings. The van der Waals surface area contributed by atoms with Gasteiger partial charge >= 0.3 is 0 Å². The molecule has 2 aromatic carbocycles. The van der Waals surface area contributed by atoms with Crippen molar-refractivity contribution in [1.29, 1.82) is 0 Å². The minimum absolute atomic E-state index is 0.0945. The minimum atomic E-state index is -0.306. The average molecular weight is 364 g/mol. The van der Waals surface area contributed by atoms with E-state index < -0.39 is 0 Å². The number of fused-ring (bicyclic) bond motifs is 1. The lowest BCUT2D eigenvalue weighted by atomic mass is 10.1. The maximum atomic E-state index is 12.0. The lowest BCUT2D eigenvalue weighted by Gasteiger charge is -2.13. The van der Waals surface area contributed by atoms with Crippen molar-refractivity contribution >= 4 is 28.7 Å². The summed E-state index contributed by atoms with van der Waals surface area (Å²) in [5.74, 6) is 0.338. The molecule has 0 aliphatic carbocycles. The van der Waals surface area contributed by atoms with Crippen LogP contribution in [0.15, 0.2) is 53.6 Å². The average Bonchev–Trinajstić information content (AvgIpc) is 2.92. The van der Waals surface area contributed by atoms with E-state index in [1.54, 1.807) is 6.21 Å². The largest absolute Gasteiger partial charge is 0.484 e. The first-order valence-corrected chi connectivity index (χ1v) is 8.73. The Kier molecular flexibility index (Phi) is 5.45. The van der Waals surface area contributed by atoms with E-state index in [9.17, 15) is 4.79 Å². The summed E-state index contributed by atoms with van der Waals surface area (Å²) in [6.45, 7) is 1.94. The number of nitrogens with zero attached hydrogens (tertiary/aromatic N) is 3. The summed E-state index contributed by atoms with van der Waals surface area (Å²) in [6, 6.07) is 15.7. The van der Waals surface area contributed by atoms with Crippen LogP contribution < -0.4 is 15.1 Å². The van der Waals surface area contributed by atoms with E-state index in [-0.39, 0.29) is 12.5 Å². The zero-order chi connectivity index (χ0) is 19.4. The highest BCUT2D eigenvalue weighted by molar-refractivity contribution is 6.01. The molecule has 0 fully saturated rings. The molecule has 6 heteroatoms. The van der Waals surface area contributed by atoms with E-state index in [1.165, 1.54) is 0 Å². The number of hydrogen-bond donors (Lipinski definition) is 1. The van der Waals surface area contributed by atoms with Crippen LogP contribution in [0.3, 0.4) is 0 Å². The normalized spacial score (nSPS) is 11.1. The molecule has 3 rings (SSSR count). The number of aryl methyl sites for hydroxylation is 1. The second kappa shape index (κ2) is 7.95. The number of ether oxygens (including phenoxy) is 1. The second-order valence-electron chi connectivity index (χ2n) is 6.55. The van der Waals surface area contributed by atoms with Crippen molar-refractivity contribution in [2.45, 2.75) is 6.92 Å². The quantitative estimate of drug-likeness (QED) is 0.540. The maximum absolute atomic E-state index is 12.0. The third kappa shape index (κ3) is 4.11. The third-order valence-electron chi connectivity index (χ3n) is 4.54. The molecule has 0 bridgehead atoms. The van der Waals surface area contributed by atoms with Gasteiger partial charge in [-0.1, -0.05) is 24.3 Å². The third-order valence-corrected chi connectivity index (χ3v) is 4.54. The molecule has 0 spiro atoms. The van der Waals surface area contributed by atoms with Gasteiger partial charge in [-0.3, -0.25) is 4.79 Å². The van der Waals surface area contributed by atoms with Gasteiger partial charge in [-0.2, -0.15) is 5.10 Å². The van der Waals surface area contributed by atoms with E-state index in [4.69, 9.17) is 4.74 Å². The van der Waals surface area contributed by atoms with Gasteiger partial charge < -0.3 is 14.2 Å². The van der Waals surface area contributed by atoms with Crippen LogP contribution in [0.25, 0.3) is 10.9 Å². The summed E-state index contributed by atoms with van der Waals surface area (Å²) < 4.78 is 7.65. The van der Waals surface area contributed by atoms with E-state index in [0.29, 0.717) is 5.75 Å². The Balaban J connectivity index is 1.61. The van der Waals surface area contributed by atoms with Crippen molar-refractivity contribution in [3.63, 3.8) is 0 Å². The van der Waals surface area contributed by atoms with E-state index in [0.717, 1.165) is 27.8 Å². The Hall–Kier alpha value is -3.28. The van der Waals surface area contributed by atoms with E-state index in [2.05, 4.69) is 21.2 Å². The topological polar surface area (TPSA) is 58.9 Å². The first-order chi connectivity index (χ1) is 13.0. The number of hydrogen-bond acceptors (Lipinski definition) is 4. The monoisotopic (exact) mass is 364 g/mol. The Labute approximate surface area is 159 Å². The number of carbonyl (C=O) groups excluding carboxylic acids is 1. The highest BCUT2D eigenvalue weighted by atomic mass is 16.5. The van der Waals surface area contributed by atoms with Gasteiger partial charge in [-0.25, -0.2) is 5.43 Å². The number of carbonyl (C=O) groups is 1. The molecule has 1 aromatic heterocycles. The Morgan fingerprint density at radius 3 is 2.78 bits per heavy atom. The number of nitrogens with one attached hydrogen (secondary N) is 1. The minimum Gasteiger partial charge on any atom is -0.484 e. The van der Waals surface area contributed by atoms with Gasteiger partial charge in [0.15, 0.2) is 6.61 Å². The maximum Gasteiger partial charge on any atom is 0.277 e. The van der Waals surface area contributed by atoms with Crippen LogP contribution >= 0.6 is 0 Å². The highest BCUT2D eigenvalue weighted by Gasteiger charge is 2.09. The molecule has 0 aliphatic heterocycles. The number of rotatable bonds is 6. The smallest absolute Gasteiger partial charge is 0.277 e. The number of hydrazone groups is 1. The summed E-state index contributed by atoms with van der Waals surface area (Å²) in [5, 5.41) is 5.20. The van der Waals surface area contributed by atoms with Gasteiger partial charge in [0.05, 0.1) is 6.21 Å². The van der Waals surface area contributed by atoms with Crippen LogP contribution in [0, 0.1) is 6.92 Å². The van der Waals surface area contributed by atoms with Crippen molar-refractivity contribution in [3.05, 3.63) is 59.8 Å². The molecule has 0 unspecified atom stereocenters. The lowest BCUT2D eigenvalue weighted by Crippen LogP contribution is -2.24. The molecule has 6 nitrogen and oxygen atoms in total. The SMILES string of the molecule is Cc1c(/C=N\NC(=O)COc2cccc(N(C)C)c2)c2ccccc2n1C. The second-order valence-corrected chi connectivity index (χ2v) is 6.55. The van der Waals surface area contributed by atoms with Gasteiger partial charge in [0.1, 0.15) is 5.75 Å². The fourth-order valence-electron chi connectivity index (χ4n) is 2.91. The fraction of sp³-hybridized carbons (Fsp3) is 0.238. The number of para-hydroxylation sites is 1. The first kappa shape index (κ1) is 18.5. The molecule has 27 heavy (non-hydrogen) atoms. The molecule has 0 saturated heterocycles. The van der Waals surface area contributed by atoms with Gasteiger partial charge in [0.2, 0.25) is 0 Å². The summed E-state index contributed by atoms with van der Waals surface area (Å²) in [6.07, 6.45) is 1.68. The molecular formula is C21H24N4O2. The number of amides is 1. The highest BCUT2D eigenvalue weighted by Crippen LogP contribution is 2.23.